The van der Waals surface area contributed by atoms with Crippen LogP contribution in [0.3, 0.4) is 0 Å². The van der Waals surface area contributed by atoms with Gasteiger partial charge in [-0.25, -0.2) is 0 Å². The highest BCUT2D eigenvalue weighted by atomic mass is 16.2. The van der Waals surface area contributed by atoms with Crippen LogP contribution in [-0.4, -0.2) is 13.0 Å². The molecule has 14 heavy (non-hydrogen) atoms. The summed E-state index contributed by atoms with van der Waals surface area (Å²) in [7, 11) is 1.71. The van der Waals surface area contributed by atoms with Crippen molar-refractivity contribution in [1.82, 2.24) is 0 Å². The van der Waals surface area contributed by atoms with Crippen molar-refractivity contribution in [2.45, 2.75) is 0 Å². The molecule has 0 unspecified atom stereocenters. The molecule has 1 aromatic rings. The van der Waals surface area contributed by atoms with E-state index in [2.05, 4.69) is 0 Å². The first-order valence-corrected chi connectivity index (χ1v) is 4.23. The molecule has 1 aliphatic heterocycles. The minimum absolute atomic E-state index is 0.118. The molecule has 68 valence electrons. The summed E-state index contributed by atoms with van der Waals surface area (Å²) in [6.45, 7) is 0. The summed E-state index contributed by atoms with van der Waals surface area (Å²) in [5.41, 5.74) is 2.17. The van der Waals surface area contributed by atoms with E-state index < -0.39 is 0 Å². The predicted octanol–water partition coefficient (Wildman–Crippen LogP) is 1.57. The van der Waals surface area contributed by atoms with Crippen LogP contribution >= 0.6 is 0 Å². The van der Waals surface area contributed by atoms with Gasteiger partial charge in [0.25, 0.3) is 5.91 Å². The van der Waals surface area contributed by atoms with Gasteiger partial charge in [-0.1, -0.05) is 18.2 Å². The number of anilines is 1. The molecule has 1 heterocycles. The van der Waals surface area contributed by atoms with E-state index in [1.807, 2.05) is 30.3 Å². The van der Waals surface area contributed by atoms with E-state index in [1.165, 1.54) is 6.08 Å². The fourth-order valence-electron chi connectivity index (χ4n) is 1.60. The summed E-state index contributed by atoms with van der Waals surface area (Å²) >= 11 is 0. The summed E-state index contributed by atoms with van der Waals surface area (Å²) in [5.74, 6) is -0.118. The maximum atomic E-state index is 11.7. The molecule has 0 aromatic heterocycles. The van der Waals surface area contributed by atoms with Crippen molar-refractivity contribution in [2.75, 3.05) is 11.9 Å². The normalized spacial score (nSPS) is 17.0. The van der Waals surface area contributed by atoms with Crippen molar-refractivity contribution in [3.8, 4) is 6.07 Å². The summed E-state index contributed by atoms with van der Waals surface area (Å²) < 4.78 is 0. The van der Waals surface area contributed by atoms with Gasteiger partial charge in [0.1, 0.15) is 0 Å². The zero-order chi connectivity index (χ0) is 10.1. The van der Waals surface area contributed by atoms with E-state index >= 15 is 0 Å². The number of nitrogens with zero attached hydrogens (tertiary/aromatic N) is 2. The molecule has 0 N–H and O–H groups in total. The van der Waals surface area contributed by atoms with Crippen molar-refractivity contribution in [3.05, 3.63) is 35.9 Å². The van der Waals surface area contributed by atoms with Gasteiger partial charge >= 0.3 is 0 Å². The van der Waals surface area contributed by atoms with E-state index in [1.54, 1.807) is 11.9 Å². The summed E-state index contributed by atoms with van der Waals surface area (Å²) in [6.07, 6.45) is 1.30. The zero-order valence-corrected chi connectivity index (χ0v) is 7.69. The minimum atomic E-state index is -0.118. The Labute approximate surface area is 81.9 Å². The number of likely N-dealkylation sites (N-methyl/N-ethyl adjacent to an activating group) is 1. The van der Waals surface area contributed by atoms with Crippen LogP contribution in [0.5, 0.6) is 0 Å². The number of amides is 1. The lowest BCUT2D eigenvalue weighted by Gasteiger charge is -2.07. The van der Waals surface area contributed by atoms with Crippen LogP contribution < -0.4 is 4.90 Å². The molecular formula is C11H8N2O. The Balaban J connectivity index is 2.66. The molecule has 0 bridgehead atoms. The highest BCUT2D eigenvalue weighted by Crippen LogP contribution is 2.34. The Morgan fingerprint density at radius 3 is 2.86 bits per heavy atom. The number of allylic oxidation sites excluding steroid dienone is 1. The van der Waals surface area contributed by atoms with Crippen molar-refractivity contribution < 1.29 is 4.79 Å². The van der Waals surface area contributed by atoms with Crippen molar-refractivity contribution in [2.24, 2.45) is 0 Å². The lowest BCUT2D eigenvalue weighted by atomic mass is 10.1. The van der Waals surface area contributed by atoms with E-state index in [0.29, 0.717) is 5.57 Å². The first-order chi connectivity index (χ1) is 6.75. The molecule has 0 spiro atoms. The molecule has 0 saturated heterocycles. The monoisotopic (exact) mass is 184 g/mol. The third kappa shape index (κ3) is 1.01. The zero-order valence-electron chi connectivity index (χ0n) is 7.69. The molecule has 1 amide bonds. The van der Waals surface area contributed by atoms with E-state index in [-0.39, 0.29) is 5.91 Å². The summed E-state index contributed by atoms with van der Waals surface area (Å²) in [4.78, 5) is 13.2. The van der Waals surface area contributed by atoms with Gasteiger partial charge in [0, 0.05) is 18.7 Å². The fraction of sp³-hybridized carbons (Fsp3) is 0.0909. The Morgan fingerprint density at radius 2 is 2.14 bits per heavy atom. The van der Waals surface area contributed by atoms with Gasteiger partial charge in [-0.3, -0.25) is 4.79 Å². The Bertz CT molecular complexity index is 468. The molecule has 0 fully saturated rings. The topological polar surface area (TPSA) is 44.1 Å². The highest BCUT2D eigenvalue weighted by Gasteiger charge is 2.28. The molecule has 3 heteroatoms. The van der Waals surface area contributed by atoms with E-state index in [0.717, 1.165) is 11.3 Å². The van der Waals surface area contributed by atoms with E-state index in [4.69, 9.17) is 5.26 Å². The molecule has 0 atom stereocenters. The largest absolute Gasteiger partial charge is 0.311 e. The second-order valence-electron chi connectivity index (χ2n) is 3.07. The number of nitriles is 1. The van der Waals surface area contributed by atoms with Crippen LogP contribution in [0, 0.1) is 11.3 Å². The maximum absolute atomic E-state index is 11.7. The Kier molecular flexibility index (Phi) is 1.83. The van der Waals surface area contributed by atoms with Gasteiger partial charge in [0.2, 0.25) is 0 Å². The number of carbonyl (C=O) groups is 1. The summed E-state index contributed by atoms with van der Waals surface area (Å²) in [5, 5.41) is 8.56. The maximum Gasteiger partial charge on any atom is 0.259 e. The average Bonchev–Trinajstić information content (AvgIpc) is 2.45. The molecule has 2 rings (SSSR count). The SMILES string of the molecule is CN1C(=O)/C(=C\C#N)c2ccccc21. The Hall–Kier alpha value is -2.08. The van der Waals surface area contributed by atoms with Gasteiger partial charge in [-0.05, 0) is 6.07 Å². The molecule has 3 nitrogen and oxygen atoms in total. The van der Waals surface area contributed by atoms with Crippen LogP contribution in [0.2, 0.25) is 0 Å². The molecular weight excluding hydrogens is 176 g/mol. The number of benzene rings is 1. The lowest BCUT2D eigenvalue weighted by Crippen LogP contribution is -2.20. The number of carbonyl (C=O) groups excluding carboxylic acids is 1. The number of hydrogen-bond acceptors (Lipinski definition) is 2. The predicted molar refractivity (Wildman–Crippen MR) is 53.4 cm³/mol. The molecule has 0 aliphatic carbocycles. The van der Waals surface area contributed by atoms with Crippen LogP contribution in [0.4, 0.5) is 5.69 Å². The molecule has 1 aromatic carbocycles. The fourth-order valence-corrected chi connectivity index (χ4v) is 1.60. The molecule has 0 saturated carbocycles. The molecule has 0 radical (unpaired) electrons. The average molecular weight is 184 g/mol. The second kappa shape index (κ2) is 3.00. The number of rotatable bonds is 0. The molecule has 1 aliphatic rings. The number of hydrogen-bond donors (Lipinski definition) is 0. The van der Waals surface area contributed by atoms with Gasteiger partial charge in [-0.2, -0.15) is 5.26 Å². The number of fused-ring (bicyclic) bond motifs is 1. The van der Waals surface area contributed by atoms with Crippen LogP contribution in [-0.2, 0) is 4.79 Å². The third-order valence-corrected chi connectivity index (χ3v) is 2.30. The van der Waals surface area contributed by atoms with Gasteiger partial charge in [0.05, 0.1) is 17.3 Å². The van der Waals surface area contributed by atoms with Crippen molar-refractivity contribution in [1.29, 1.82) is 5.26 Å². The first-order valence-electron chi connectivity index (χ1n) is 4.23. The lowest BCUT2D eigenvalue weighted by molar-refractivity contribution is -0.112. The standard InChI is InChI=1S/C11H8N2O/c1-13-10-5-3-2-4-8(10)9(6-7-12)11(13)14/h2-6H,1H3/b9-6-. The van der Waals surface area contributed by atoms with Crippen molar-refractivity contribution >= 4 is 17.2 Å². The third-order valence-electron chi connectivity index (χ3n) is 2.30. The first kappa shape index (κ1) is 8.52. The number of para-hydroxylation sites is 1. The van der Waals surface area contributed by atoms with Crippen LogP contribution in [0.1, 0.15) is 5.56 Å². The highest BCUT2D eigenvalue weighted by molar-refractivity contribution is 6.32. The van der Waals surface area contributed by atoms with Crippen molar-refractivity contribution in [3.63, 3.8) is 0 Å². The van der Waals surface area contributed by atoms with Gasteiger partial charge < -0.3 is 4.90 Å². The second-order valence-corrected chi connectivity index (χ2v) is 3.07. The van der Waals surface area contributed by atoms with Gasteiger partial charge in [-0.15, -0.1) is 0 Å². The Morgan fingerprint density at radius 1 is 1.43 bits per heavy atom. The van der Waals surface area contributed by atoms with Crippen LogP contribution in [0.15, 0.2) is 30.3 Å². The van der Waals surface area contributed by atoms with Gasteiger partial charge in [0.15, 0.2) is 0 Å². The van der Waals surface area contributed by atoms with Crippen LogP contribution in [0.25, 0.3) is 5.57 Å². The smallest absolute Gasteiger partial charge is 0.259 e. The van der Waals surface area contributed by atoms with E-state index in [9.17, 15) is 4.79 Å². The quantitative estimate of drug-likeness (QED) is 0.453. The minimum Gasteiger partial charge on any atom is -0.311 e. The summed E-state index contributed by atoms with van der Waals surface area (Å²) in [6, 6.07) is 9.34.